The summed E-state index contributed by atoms with van der Waals surface area (Å²) in [6.07, 6.45) is 3.72. The van der Waals surface area contributed by atoms with Gasteiger partial charge in [-0.2, -0.15) is 0 Å². The first-order valence-corrected chi connectivity index (χ1v) is 6.22. The minimum absolute atomic E-state index is 0.0552. The lowest BCUT2D eigenvalue weighted by Crippen LogP contribution is -2.52. The molecule has 2 heterocycles. The van der Waals surface area contributed by atoms with Crippen LogP contribution in [0.1, 0.15) is 32.6 Å². The van der Waals surface area contributed by atoms with E-state index in [0.717, 1.165) is 45.5 Å². The summed E-state index contributed by atoms with van der Waals surface area (Å²) in [5, 5.41) is 10.3. The van der Waals surface area contributed by atoms with Crippen molar-refractivity contribution in [3.8, 4) is 0 Å². The van der Waals surface area contributed by atoms with E-state index in [1.807, 2.05) is 6.92 Å². The fourth-order valence-corrected chi connectivity index (χ4v) is 2.82. The smallest absolute Gasteiger partial charge is 0.0771 e. The molecular formula is C12H23NO3. The van der Waals surface area contributed by atoms with Crippen LogP contribution in [0.2, 0.25) is 0 Å². The zero-order valence-corrected chi connectivity index (χ0v) is 10.1. The van der Waals surface area contributed by atoms with Crippen LogP contribution in [0.15, 0.2) is 0 Å². The van der Waals surface area contributed by atoms with E-state index in [9.17, 15) is 5.11 Å². The van der Waals surface area contributed by atoms with Gasteiger partial charge in [0.2, 0.25) is 0 Å². The summed E-state index contributed by atoms with van der Waals surface area (Å²) in [5.74, 6) is 0.254. The minimum Gasteiger partial charge on any atom is -0.389 e. The number of hydrogen-bond donors (Lipinski definition) is 2. The Kier molecular flexibility index (Phi) is 3.54. The Morgan fingerprint density at radius 1 is 1.38 bits per heavy atom. The molecular weight excluding hydrogens is 206 g/mol. The monoisotopic (exact) mass is 229 g/mol. The van der Waals surface area contributed by atoms with Gasteiger partial charge >= 0.3 is 0 Å². The Labute approximate surface area is 97.1 Å². The summed E-state index contributed by atoms with van der Waals surface area (Å²) in [6.45, 7) is 4.45. The van der Waals surface area contributed by atoms with E-state index < -0.39 is 5.60 Å². The first kappa shape index (κ1) is 12.3. The molecule has 2 atom stereocenters. The molecule has 2 rings (SSSR count). The van der Waals surface area contributed by atoms with Crippen molar-refractivity contribution in [1.29, 1.82) is 0 Å². The molecule has 0 aromatic rings. The average molecular weight is 229 g/mol. The number of aliphatic hydroxyl groups is 1. The summed E-state index contributed by atoms with van der Waals surface area (Å²) in [7, 11) is 0. The van der Waals surface area contributed by atoms with E-state index in [2.05, 4.69) is 0 Å². The van der Waals surface area contributed by atoms with Crippen molar-refractivity contribution in [2.45, 2.75) is 43.8 Å². The SMILES string of the molecule is CC(O)(CN)C1CCOC2(CCOCC2)C1. The molecule has 0 aromatic carbocycles. The van der Waals surface area contributed by atoms with Crippen LogP contribution in [0.3, 0.4) is 0 Å². The van der Waals surface area contributed by atoms with Gasteiger partial charge < -0.3 is 20.3 Å². The molecule has 2 saturated heterocycles. The summed E-state index contributed by atoms with van der Waals surface area (Å²) >= 11 is 0. The largest absolute Gasteiger partial charge is 0.389 e. The lowest BCUT2D eigenvalue weighted by Gasteiger charge is -2.46. The quantitative estimate of drug-likeness (QED) is 0.730. The van der Waals surface area contributed by atoms with Crippen molar-refractivity contribution in [1.82, 2.24) is 0 Å². The molecule has 3 N–H and O–H groups in total. The number of hydrogen-bond acceptors (Lipinski definition) is 4. The van der Waals surface area contributed by atoms with Gasteiger partial charge in [-0.25, -0.2) is 0 Å². The highest BCUT2D eigenvalue weighted by Crippen LogP contribution is 2.40. The Bertz CT molecular complexity index is 231. The second-order valence-electron chi connectivity index (χ2n) is 5.39. The molecule has 94 valence electrons. The van der Waals surface area contributed by atoms with E-state index >= 15 is 0 Å². The third-order valence-corrected chi connectivity index (χ3v) is 4.19. The van der Waals surface area contributed by atoms with Crippen molar-refractivity contribution in [3.05, 3.63) is 0 Å². The molecule has 0 radical (unpaired) electrons. The third kappa shape index (κ3) is 2.40. The van der Waals surface area contributed by atoms with Crippen LogP contribution in [-0.2, 0) is 9.47 Å². The summed E-state index contributed by atoms with van der Waals surface area (Å²) in [6, 6.07) is 0. The lowest BCUT2D eigenvalue weighted by atomic mass is 9.74. The normalized spacial score (nSPS) is 33.6. The second kappa shape index (κ2) is 4.61. The second-order valence-corrected chi connectivity index (χ2v) is 5.39. The van der Waals surface area contributed by atoms with Gasteiger partial charge in [-0.1, -0.05) is 0 Å². The van der Waals surface area contributed by atoms with Crippen molar-refractivity contribution in [2.24, 2.45) is 11.7 Å². The van der Waals surface area contributed by atoms with Gasteiger partial charge in [-0.3, -0.25) is 0 Å². The van der Waals surface area contributed by atoms with Gasteiger partial charge in [0.1, 0.15) is 0 Å². The maximum Gasteiger partial charge on any atom is 0.0771 e. The highest BCUT2D eigenvalue weighted by Gasteiger charge is 2.44. The van der Waals surface area contributed by atoms with Crippen LogP contribution in [-0.4, -0.2) is 42.7 Å². The number of ether oxygens (including phenoxy) is 2. The van der Waals surface area contributed by atoms with Crippen LogP contribution in [0, 0.1) is 5.92 Å². The Balaban J connectivity index is 2.03. The Hall–Kier alpha value is -0.160. The molecule has 4 heteroatoms. The summed E-state index contributed by atoms with van der Waals surface area (Å²) in [4.78, 5) is 0. The van der Waals surface area contributed by atoms with Crippen molar-refractivity contribution in [2.75, 3.05) is 26.4 Å². The molecule has 0 amide bonds. The minimum atomic E-state index is -0.755. The zero-order valence-electron chi connectivity index (χ0n) is 10.1. The van der Waals surface area contributed by atoms with Crippen LogP contribution >= 0.6 is 0 Å². The molecule has 1 spiro atoms. The molecule has 0 saturated carbocycles. The van der Waals surface area contributed by atoms with Crippen molar-refractivity contribution >= 4 is 0 Å². The van der Waals surface area contributed by atoms with E-state index in [0.29, 0.717) is 6.54 Å². The third-order valence-electron chi connectivity index (χ3n) is 4.19. The molecule has 0 aliphatic carbocycles. The fraction of sp³-hybridized carbons (Fsp3) is 1.00. The molecule has 2 aliphatic heterocycles. The number of rotatable bonds is 2. The molecule has 0 bridgehead atoms. The zero-order chi connectivity index (χ0) is 11.6. The van der Waals surface area contributed by atoms with Crippen molar-refractivity contribution in [3.63, 3.8) is 0 Å². The molecule has 16 heavy (non-hydrogen) atoms. The van der Waals surface area contributed by atoms with Crippen LogP contribution < -0.4 is 5.73 Å². The topological polar surface area (TPSA) is 64.7 Å². The van der Waals surface area contributed by atoms with Gasteiger partial charge in [-0.15, -0.1) is 0 Å². The van der Waals surface area contributed by atoms with Crippen LogP contribution in [0.5, 0.6) is 0 Å². The van der Waals surface area contributed by atoms with Crippen LogP contribution in [0.25, 0.3) is 0 Å². The Morgan fingerprint density at radius 2 is 2.06 bits per heavy atom. The maximum atomic E-state index is 10.3. The first-order valence-electron chi connectivity index (χ1n) is 6.22. The van der Waals surface area contributed by atoms with Gasteiger partial charge in [0, 0.05) is 26.4 Å². The fourth-order valence-electron chi connectivity index (χ4n) is 2.82. The van der Waals surface area contributed by atoms with Gasteiger partial charge in [0.05, 0.1) is 11.2 Å². The highest BCUT2D eigenvalue weighted by atomic mass is 16.5. The molecule has 2 aliphatic rings. The number of nitrogens with two attached hydrogens (primary N) is 1. The van der Waals surface area contributed by atoms with E-state index in [1.165, 1.54) is 0 Å². The standard InChI is InChI=1S/C12H23NO3/c1-11(14,9-13)10-2-5-16-12(8-10)3-6-15-7-4-12/h10,14H,2-9,13H2,1H3. The molecule has 0 aromatic heterocycles. The van der Waals surface area contributed by atoms with E-state index in [-0.39, 0.29) is 11.5 Å². The van der Waals surface area contributed by atoms with E-state index in [1.54, 1.807) is 0 Å². The summed E-state index contributed by atoms with van der Waals surface area (Å²) in [5.41, 5.74) is 4.83. The molecule has 2 fully saturated rings. The summed E-state index contributed by atoms with van der Waals surface area (Å²) < 4.78 is 11.3. The van der Waals surface area contributed by atoms with Crippen LogP contribution in [0.4, 0.5) is 0 Å². The predicted octanol–water partition coefficient (Wildman–Crippen LogP) is 0.672. The Morgan fingerprint density at radius 3 is 2.69 bits per heavy atom. The maximum absolute atomic E-state index is 10.3. The highest BCUT2D eigenvalue weighted by molar-refractivity contribution is 4.95. The molecule has 2 unspecified atom stereocenters. The van der Waals surface area contributed by atoms with Gasteiger partial charge in [0.25, 0.3) is 0 Å². The van der Waals surface area contributed by atoms with Gasteiger partial charge in [-0.05, 0) is 38.5 Å². The van der Waals surface area contributed by atoms with Crippen molar-refractivity contribution < 1.29 is 14.6 Å². The predicted molar refractivity (Wildman–Crippen MR) is 61.1 cm³/mol. The lowest BCUT2D eigenvalue weighted by molar-refractivity contribution is -0.170. The first-order chi connectivity index (χ1) is 7.58. The average Bonchev–Trinajstić information content (AvgIpc) is 2.30. The van der Waals surface area contributed by atoms with Gasteiger partial charge in [0.15, 0.2) is 0 Å². The van der Waals surface area contributed by atoms with E-state index in [4.69, 9.17) is 15.2 Å². The molecule has 4 nitrogen and oxygen atoms in total.